The summed E-state index contributed by atoms with van der Waals surface area (Å²) in [7, 11) is 3.83. The fourth-order valence-electron chi connectivity index (χ4n) is 1.97. The van der Waals surface area contributed by atoms with E-state index in [0.717, 1.165) is 23.1 Å². The van der Waals surface area contributed by atoms with Gasteiger partial charge in [-0.2, -0.15) is 0 Å². The molecular weight excluding hydrogens is 308 g/mol. The molecular formula is C15H17F2N3OS. The normalized spacial score (nSPS) is 12.2. The number of urea groups is 1. The minimum atomic E-state index is -0.682. The molecule has 0 fully saturated rings. The van der Waals surface area contributed by atoms with Gasteiger partial charge in [-0.25, -0.2) is 13.6 Å². The number of anilines is 1. The molecule has 2 amide bonds. The van der Waals surface area contributed by atoms with E-state index in [9.17, 15) is 13.6 Å². The van der Waals surface area contributed by atoms with E-state index in [1.54, 1.807) is 11.3 Å². The molecule has 1 aromatic carbocycles. The summed E-state index contributed by atoms with van der Waals surface area (Å²) >= 11 is 1.60. The quantitative estimate of drug-likeness (QED) is 0.884. The van der Waals surface area contributed by atoms with E-state index in [2.05, 4.69) is 10.6 Å². The van der Waals surface area contributed by atoms with Crippen molar-refractivity contribution in [1.29, 1.82) is 0 Å². The highest BCUT2D eigenvalue weighted by atomic mass is 32.1. The number of amides is 2. The van der Waals surface area contributed by atoms with E-state index in [1.165, 1.54) is 0 Å². The van der Waals surface area contributed by atoms with Crippen molar-refractivity contribution < 1.29 is 13.6 Å². The van der Waals surface area contributed by atoms with Crippen LogP contribution in [0.25, 0.3) is 0 Å². The molecule has 1 atom stereocenters. The Hall–Kier alpha value is -1.99. The van der Waals surface area contributed by atoms with E-state index < -0.39 is 17.7 Å². The Bertz CT molecular complexity index is 632. The van der Waals surface area contributed by atoms with Crippen LogP contribution in [0.3, 0.4) is 0 Å². The van der Waals surface area contributed by atoms with Crippen LogP contribution in [-0.2, 0) is 0 Å². The van der Waals surface area contributed by atoms with Gasteiger partial charge in [0.2, 0.25) is 0 Å². The summed E-state index contributed by atoms with van der Waals surface area (Å²) in [5.74, 6) is -1.29. The Morgan fingerprint density at radius 2 is 2.09 bits per heavy atom. The first-order valence-corrected chi connectivity index (χ1v) is 7.55. The number of thiophene rings is 1. The second-order valence-corrected chi connectivity index (χ2v) is 5.93. The SMILES string of the molecule is CN(C)C(CNC(=O)Nc1cc(F)ccc1F)c1cccs1. The van der Waals surface area contributed by atoms with Crippen LogP contribution in [-0.4, -0.2) is 31.6 Å². The Balaban J connectivity index is 1.95. The zero-order chi connectivity index (χ0) is 16.1. The van der Waals surface area contributed by atoms with Crippen LogP contribution < -0.4 is 10.6 Å². The van der Waals surface area contributed by atoms with Crippen LogP contribution >= 0.6 is 11.3 Å². The number of nitrogens with zero attached hydrogens (tertiary/aromatic N) is 1. The van der Waals surface area contributed by atoms with Crippen molar-refractivity contribution in [3.05, 3.63) is 52.2 Å². The monoisotopic (exact) mass is 325 g/mol. The second-order valence-electron chi connectivity index (χ2n) is 4.95. The average molecular weight is 325 g/mol. The molecule has 1 heterocycles. The van der Waals surface area contributed by atoms with Gasteiger partial charge in [0.1, 0.15) is 11.6 Å². The Labute approximate surface area is 131 Å². The fourth-order valence-corrected chi connectivity index (χ4v) is 2.89. The van der Waals surface area contributed by atoms with Gasteiger partial charge in [-0.1, -0.05) is 6.07 Å². The number of carbonyl (C=O) groups excluding carboxylic acids is 1. The molecule has 118 valence electrons. The maximum atomic E-state index is 13.5. The third kappa shape index (κ3) is 4.25. The lowest BCUT2D eigenvalue weighted by Crippen LogP contribution is -2.36. The van der Waals surface area contributed by atoms with E-state index in [0.29, 0.717) is 6.54 Å². The largest absolute Gasteiger partial charge is 0.336 e. The van der Waals surface area contributed by atoms with Crippen LogP contribution in [0.15, 0.2) is 35.7 Å². The van der Waals surface area contributed by atoms with Gasteiger partial charge in [0, 0.05) is 17.5 Å². The van der Waals surface area contributed by atoms with Gasteiger partial charge in [-0.15, -0.1) is 11.3 Å². The number of likely N-dealkylation sites (N-methyl/N-ethyl adjacent to an activating group) is 1. The molecule has 1 aromatic heterocycles. The van der Waals surface area contributed by atoms with Gasteiger partial charge in [0.15, 0.2) is 0 Å². The molecule has 0 aliphatic carbocycles. The van der Waals surface area contributed by atoms with Crippen molar-refractivity contribution >= 4 is 23.1 Å². The highest BCUT2D eigenvalue weighted by molar-refractivity contribution is 7.10. The summed E-state index contributed by atoms with van der Waals surface area (Å²) in [5.41, 5.74) is -0.185. The number of nitrogens with one attached hydrogen (secondary N) is 2. The summed E-state index contributed by atoms with van der Waals surface area (Å²) < 4.78 is 26.5. The van der Waals surface area contributed by atoms with Crippen molar-refractivity contribution in [3.8, 4) is 0 Å². The molecule has 4 nitrogen and oxygen atoms in total. The van der Waals surface area contributed by atoms with Crippen LogP contribution in [0.4, 0.5) is 19.3 Å². The van der Waals surface area contributed by atoms with Crippen LogP contribution in [0.5, 0.6) is 0 Å². The van der Waals surface area contributed by atoms with Gasteiger partial charge < -0.3 is 15.5 Å². The van der Waals surface area contributed by atoms with Gasteiger partial charge in [0.05, 0.1) is 11.7 Å². The number of hydrogen-bond acceptors (Lipinski definition) is 3. The predicted molar refractivity (Wildman–Crippen MR) is 84.1 cm³/mol. The third-order valence-electron chi connectivity index (χ3n) is 3.13. The number of halogens is 2. The van der Waals surface area contributed by atoms with E-state index in [4.69, 9.17) is 0 Å². The van der Waals surface area contributed by atoms with Gasteiger partial charge >= 0.3 is 6.03 Å². The van der Waals surface area contributed by atoms with Crippen molar-refractivity contribution in [1.82, 2.24) is 10.2 Å². The molecule has 2 rings (SSSR count). The van der Waals surface area contributed by atoms with Crippen molar-refractivity contribution in [2.24, 2.45) is 0 Å². The zero-order valence-corrected chi connectivity index (χ0v) is 13.1. The van der Waals surface area contributed by atoms with Crippen LogP contribution in [0.1, 0.15) is 10.9 Å². The van der Waals surface area contributed by atoms with Gasteiger partial charge in [-0.05, 0) is 37.7 Å². The first-order valence-electron chi connectivity index (χ1n) is 6.67. The van der Waals surface area contributed by atoms with Crippen molar-refractivity contribution in [2.45, 2.75) is 6.04 Å². The lowest BCUT2D eigenvalue weighted by molar-refractivity contribution is 0.244. The Kier molecular flexibility index (Phi) is 5.46. The first kappa shape index (κ1) is 16.4. The molecule has 0 aliphatic rings. The minimum absolute atomic E-state index is 0.0168. The topological polar surface area (TPSA) is 44.4 Å². The zero-order valence-electron chi connectivity index (χ0n) is 12.3. The molecule has 22 heavy (non-hydrogen) atoms. The fraction of sp³-hybridized carbons (Fsp3) is 0.267. The molecule has 2 aromatic rings. The smallest absolute Gasteiger partial charge is 0.319 e. The van der Waals surface area contributed by atoms with Crippen molar-refractivity contribution in [3.63, 3.8) is 0 Å². The Morgan fingerprint density at radius 1 is 1.32 bits per heavy atom. The van der Waals surface area contributed by atoms with Gasteiger partial charge in [0.25, 0.3) is 0 Å². The van der Waals surface area contributed by atoms with E-state index in [1.807, 2.05) is 36.5 Å². The molecule has 1 unspecified atom stereocenters. The maximum Gasteiger partial charge on any atom is 0.319 e. The number of benzene rings is 1. The highest BCUT2D eigenvalue weighted by Crippen LogP contribution is 2.22. The predicted octanol–water partition coefficient (Wildman–Crippen LogP) is 3.45. The maximum absolute atomic E-state index is 13.5. The molecule has 0 spiro atoms. The van der Waals surface area contributed by atoms with E-state index in [-0.39, 0.29) is 11.7 Å². The molecule has 0 saturated heterocycles. The molecule has 7 heteroatoms. The number of hydrogen-bond donors (Lipinski definition) is 2. The summed E-state index contributed by atoms with van der Waals surface area (Å²) in [5, 5.41) is 6.95. The van der Waals surface area contributed by atoms with E-state index >= 15 is 0 Å². The third-order valence-corrected chi connectivity index (χ3v) is 4.10. The molecule has 2 N–H and O–H groups in total. The lowest BCUT2D eigenvalue weighted by atomic mass is 10.2. The van der Waals surface area contributed by atoms with Crippen LogP contribution in [0, 0.1) is 11.6 Å². The summed E-state index contributed by atoms with van der Waals surface area (Å²) in [4.78, 5) is 14.9. The van der Waals surface area contributed by atoms with Gasteiger partial charge in [-0.3, -0.25) is 0 Å². The summed E-state index contributed by atoms with van der Waals surface area (Å²) in [6.07, 6.45) is 0. The highest BCUT2D eigenvalue weighted by Gasteiger charge is 2.16. The second kappa shape index (κ2) is 7.33. The standard InChI is InChI=1S/C15H17F2N3OS/c1-20(2)13(14-4-3-7-22-14)9-18-15(21)19-12-8-10(16)5-6-11(12)17/h3-8,13H,9H2,1-2H3,(H2,18,19,21). The van der Waals surface area contributed by atoms with Crippen molar-refractivity contribution in [2.75, 3.05) is 26.0 Å². The molecule has 0 aliphatic heterocycles. The molecule has 0 saturated carbocycles. The minimum Gasteiger partial charge on any atom is -0.336 e. The number of carbonyl (C=O) groups is 1. The number of rotatable bonds is 5. The summed E-state index contributed by atoms with van der Waals surface area (Å²) in [6.45, 7) is 0.357. The average Bonchev–Trinajstić information content (AvgIpc) is 2.96. The molecule has 0 radical (unpaired) electrons. The summed E-state index contributed by atoms with van der Waals surface area (Å²) in [6, 6.07) is 6.28. The lowest BCUT2D eigenvalue weighted by Gasteiger charge is -2.23. The Morgan fingerprint density at radius 3 is 2.73 bits per heavy atom. The first-order chi connectivity index (χ1) is 10.5. The van der Waals surface area contributed by atoms with Crippen LogP contribution in [0.2, 0.25) is 0 Å². The molecule has 0 bridgehead atoms.